The molecule has 2 unspecified atom stereocenters. The summed E-state index contributed by atoms with van der Waals surface area (Å²) in [7, 11) is 0. The van der Waals surface area contributed by atoms with Crippen molar-refractivity contribution in [2.45, 2.75) is 30.6 Å². The second-order valence-corrected chi connectivity index (χ2v) is 19.1. The molecular formula is C65H45N. The molecule has 0 bridgehead atoms. The monoisotopic (exact) mass is 839 g/mol. The summed E-state index contributed by atoms with van der Waals surface area (Å²) in [6.07, 6.45) is 0. The Kier molecular flexibility index (Phi) is 7.79. The summed E-state index contributed by atoms with van der Waals surface area (Å²) in [5.74, 6) is 0.217. The lowest BCUT2D eigenvalue weighted by atomic mass is 9.59. The Labute approximate surface area is 387 Å². The zero-order valence-electron chi connectivity index (χ0n) is 37.0. The quantitative estimate of drug-likeness (QED) is 0.167. The molecule has 4 aliphatic carbocycles. The molecule has 310 valence electrons. The van der Waals surface area contributed by atoms with Crippen molar-refractivity contribution in [2.75, 3.05) is 4.90 Å². The van der Waals surface area contributed by atoms with Crippen molar-refractivity contribution < 1.29 is 0 Å². The number of para-hydroxylation sites is 1. The van der Waals surface area contributed by atoms with Crippen molar-refractivity contribution in [2.24, 2.45) is 0 Å². The molecule has 0 saturated carbocycles. The molecule has 2 atom stereocenters. The highest BCUT2D eigenvalue weighted by molar-refractivity contribution is 5.98. The first kappa shape index (κ1) is 37.4. The van der Waals surface area contributed by atoms with E-state index in [1.807, 2.05) is 0 Å². The van der Waals surface area contributed by atoms with Gasteiger partial charge < -0.3 is 4.90 Å². The minimum atomic E-state index is -0.445. The van der Waals surface area contributed by atoms with Crippen LogP contribution in [0.2, 0.25) is 0 Å². The number of benzene rings is 10. The van der Waals surface area contributed by atoms with Crippen LogP contribution >= 0.6 is 0 Å². The van der Waals surface area contributed by atoms with Crippen LogP contribution in [0.15, 0.2) is 231 Å². The zero-order valence-corrected chi connectivity index (χ0v) is 37.0. The van der Waals surface area contributed by atoms with E-state index in [-0.39, 0.29) is 11.3 Å². The van der Waals surface area contributed by atoms with Crippen LogP contribution in [0.4, 0.5) is 17.1 Å². The largest absolute Gasteiger partial charge is 0.311 e. The molecule has 0 amide bonds. The fourth-order valence-electron chi connectivity index (χ4n) is 12.8. The van der Waals surface area contributed by atoms with E-state index in [9.17, 15) is 0 Å². The Hall–Kier alpha value is -8.00. The van der Waals surface area contributed by atoms with Gasteiger partial charge in [-0.3, -0.25) is 0 Å². The van der Waals surface area contributed by atoms with E-state index in [1.54, 1.807) is 0 Å². The minimum absolute atomic E-state index is 0.0388. The second kappa shape index (κ2) is 13.8. The highest BCUT2D eigenvalue weighted by Gasteiger charge is 2.54. The van der Waals surface area contributed by atoms with E-state index in [4.69, 9.17) is 0 Å². The topological polar surface area (TPSA) is 3.24 Å². The lowest BCUT2D eigenvalue weighted by Gasteiger charge is -2.42. The van der Waals surface area contributed by atoms with Gasteiger partial charge in [-0.25, -0.2) is 0 Å². The fraction of sp³-hybridized carbons (Fsp3) is 0.0769. The van der Waals surface area contributed by atoms with Gasteiger partial charge in [0, 0.05) is 28.4 Å². The third kappa shape index (κ3) is 4.95. The van der Waals surface area contributed by atoms with E-state index in [1.165, 1.54) is 106 Å². The van der Waals surface area contributed by atoms with Gasteiger partial charge in [0.15, 0.2) is 0 Å². The molecule has 0 aliphatic heterocycles. The zero-order chi connectivity index (χ0) is 43.7. The lowest BCUT2D eigenvalue weighted by molar-refractivity contribution is 0.660. The molecular weight excluding hydrogens is 795 g/mol. The molecule has 0 saturated heterocycles. The van der Waals surface area contributed by atoms with Gasteiger partial charge in [0.2, 0.25) is 0 Å². The Balaban J connectivity index is 0.872. The Morgan fingerprint density at radius 1 is 0.318 bits per heavy atom. The molecule has 1 spiro atoms. The van der Waals surface area contributed by atoms with Gasteiger partial charge in [-0.1, -0.05) is 202 Å². The summed E-state index contributed by atoms with van der Waals surface area (Å²) in [5, 5.41) is 0. The number of fused-ring (bicyclic) bond motifs is 15. The van der Waals surface area contributed by atoms with Crippen LogP contribution in [0.3, 0.4) is 0 Å². The van der Waals surface area contributed by atoms with Crippen LogP contribution in [0.5, 0.6) is 0 Å². The summed E-state index contributed by atoms with van der Waals surface area (Å²) in [6, 6.07) is 86.7. The lowest BCUT2D eigenvalue weighted by Crippen LogP contribution is -2.35. The van der Waals surface area contributed by atoms with E-state index in [2.05, 4.69) is 249 Å². The molecule has 0 N–H and O–H groups in total. The molecule has 4 aliphatic rings. The molecule has 66 heavy (non-hydrogen) atoms. The van der Waals surface area contributed by atoms with Gasteiger partial charge in [0.1, 0.15) is 0 Å². The van der Waals surface area contributed by atoms with Crippen molar-refractivity contribution in [1.29, 1.82) is 0 Å². The SMILES string of the molecule is CC1(C)c2ccccc2-c2ccc(-c3ccc(N(c4ccccc4)c4ccc(-c5cccc6c5-c5ccccc5C65c6ccccc6C6c7ccccc7-c7cccc5c76)cc4)cc3)cc21. The molecule has 0 heterocycles. The summed E-state index contributed by atoms with van der Waals surface area (Å²) < 4.78 is 0. The normalized spacial score (nSPS) is 17.0. The van der Waals surface area contributed by atoms with Crippen LogP contribution in [-0.4, -0.2) is 0 Å². The Morgan fingerprint density at radius 2 is 0.833 bits per heavy atom. The van der Waals surface area contributed by atoms with Crippen LogP contribution in [0.25, 0.3) is 55.6 Å². The summed E-state index contributed by atoms with van der Waals surface area (Å²) >= 11 is 0. The molecule has 1 heteroatoms. The van der Waals surface area contributed by atoms with Gasteiger partial charge in [0.25, 0.3) is 0 Å². The summed E-state index contributed by atoms with van der Waals surface area (Å²) in [4.78, 5) is 2.37. The first-order valence-corrected chi connectivity index (χ1v) is 23.4. The van der Waals surface area contributed by atoms with Gasteiger partial charge in [0.05, 0.1) is 5.41 Å². The molecule has 0 radical (unpaired) electrons. The minimum Gasteiger partial charge on any atom is -0.311 e. The maximum Gasteiger partial charge on any atom is 0.0719 e. The van der Waals surface area contributed by atoms with Gasteiger partial charge in [-0.2, -0.15) is 0 Å². The van der Waals surface area contributed by atoms with Gasteiger partial charge in [-0.15, -0.1) is 0 Å². The highest BCUT2D eigenvalue weighted by Crippen LogP contribution is 2.66. The molecule has 10 aromatic carbocycles. The maximum atomic E-state index is 2.43. The number of hydrogen-bond donors (Lipinski definition) is 0. The standard InChI is InChI=1S/C65H45N/c1-64(2)55-25-11-8-19-49(55)50-39-34-43(40-60(50)64)41-30-35-45(36-31-41)66(44-16-4-3-5-17-44)46-37-32-42(33-38-46)47-23-14-28-58-61(47)53-21-9-12-26-56(53)65(58)57-27-13-10-22-54(57)62-51-20-7-6-18-48(51)52-24-15-29-59(65)63(52)62/h3-40,62H,1-2H3. The summed E-state index contributed by atoms with van der Waals surface area (Å²) in [5.41, 5.74) is 28.5. The number of hydrogen-bond acceptors (Lipinski definition) is 1. The predicted octanol–water partition coefficient (Wildman–Crippen LogP) is 16.6. The third-order valence-electron chi connectivity index (χ3n) is 15.6. The van der Waals surface area contributed by atoms with Gasteiger partial charge in [-0.05, 0) is 148 Å². The molecule has 1 nitrogen and oxygen atoms in total. The van der Waals surface area contributed by atoms with Crippen LogP contribution in [0.1, 0.15) is 69.8 Å². The first-order valence-electron chi connectivity index (χ1n) is 23.4. The molecule has 10 aromatic rings. The van der Waals surface area contributed by atoms with E-state index in [0.29, 0.717) is 0 Å². The Morgan fingerprint density at radius 3 is 1.59 bits per heavy atom. The molecule has 0 fully saturated rings. The average Bonchev–Trinajstić information content (AvgIpc) is 3.96. The van der Waals surface area contributed by atoms with Crippen molar-refractivity contribution in [3.63, 3.8) is 0 Å². The van der Waals surface area contributed by atoms with Crippen LogP contribution in [0, 0.1) is 0 Å². The van der Waals surface area contributed by atoms with E-state index >= 15 is 0 Å². The van der Waals surface area contributed by atoms with Crippen LogP contribution in [-0.2, 0) is 10.8 Å². The average molecular weight is 840 g/mol. The van der Waals surface area contributed by atoms with Crippen molar-refractivity contribution in [3.05, 3.63) is 281 Å². The summed E-state index contributed by atoms with van der Waals surface area (Å²) in [6.45, 7) is 4.71. The number of nitrogens with zero attached hydrogens (tertiary/aromatic N) is 1. The smallest absolute Gasteiger partial charge is 0.0719 e. The van der Waals surface area contributed by atoms with E-state index in [0.717, 1.165) is 17.1 Å². The maximum absolute atomic E-state index is 2.43. The first-order chi connectivity index (χ1) is 32.5. The number of rotatable bonds is 5. The number of anilines is 3. The molecule has 0 aromatic heterocycles. The van der Waals surface area contributed by atoms with Crippen molar-refractivity contribution in [1.82, 2.24) is 0 Å². The predicted molar refractivity (Wildman–Crippen MR) is 273 cm³/mol. The van der Waals surface area contributed by atoms with Crippen molar-refractivity contribution >= 4 is 17.1 Å². The highest BCUT2D eigenvalue weighted by atomic mass is 15.1. The Bertz CT molecular complexity index is 3610. The fourth-order valence-corrected chi connectivity index (χ4v) is 12.8. The van der Waals surface area contributed by atoms with Crippen molar-refractivity contribution in [3.8, 4) is 55.6 Å². The van der Waals surface area contributed by atoms with Crippen LogP contribution < -0.4 is 4.90 Å². The molecule has 14 rings (SSSR count). The van der Waals surface area contributed by atoms with Gasteiger partial charge >= 0.3 is 0 Å². The van der Waals surface area contributed by atoms with E-state index < -0.39 is 5.41 Å². The second-order valence-electron chi connectivity index (χ2n) is 19.1. The third-order valence-corrected chi connectivity index (χ3v) is 15.6.